The average molecular weight is 448 g/mol. The molecule has 2 N–H and O–H groups in total. The van der Waals surface area contributed by atoms with Crippen LogP contribution in [0.3, 0.4) is 0 Å². The van der Waals surface area contributed by atoms with Crippen LogP contribution in [0, 0.1) is 0 Å². The van der Waals surface area contributed by atoms with Gasteiger partial charge in [0.05, 0.1) is 18.8 Å². The number of benzene rings is 2. The third-order valence-electron chi connectivity index (χ3n) is 6.08. The van der Waals surface area contributed by atoms with Crippen LogP contribution in [0.15, 0.2) is 71.1 Å². The van der Waals surface area contributed by atoms with Crippen molar-refractivity contribution in [2.75, 3.05) is 13.2 Å². The number of aromatic hydroxyl groups is 1. The van der Waals surface area contributed by atoms with E-state index in [0.717, 1.165) is 29.7 Å². The molecule has 6 heteroatoms. The number of dihydropyridines is 1. The average Bonchev–Trinajstić information content (AvgIpc) is 2.80. The Morgan fingerprint density at radius 2 is 1.94 bits per heavy atom. The highest BCUT2D eigenvalue weighted by Gasteiger charge is 2.39. The summed E-state index contributed by atoms with van der Waals surface area (Å²) < 4.78 is 11.2. The molecule has 0 saturated heterocycles. The number of Topliss-reactive ketones (excluding diaryl/α,β-unsaturated/α-hetero) is 1. The molecule has 1 aliphatic carbocycles. The number of carbonyl (C=O) groups excluding carboxylic acids is 2. The molecule has 172 valence electrons. The number of carbonyl (C=O) groups is 2. The Labute approximate surface area is 193 Å². The van der Waals surface area contributed by atoms with E-state index in [9.17, 15) is 14.7 Å². The minimum absolute atomic E-state index is 0.0198. The molecule has 2 aromatic carbocycles. The zero-order chi connectivity index (χ0) is 23.4. The van der Waals surface area contributed by atoms with Gasteiger partial charge in [-0.2, -0.15) is 0 Å². The summed E-state index contributed by atoms with van der Waals surface area (Å²) in [5.41, 5.74) is 4.38. The van der Waals surface area contributed by atoms with Crippen molar-refractivity contribution < 1.29 is 24.2 Å². The molecule has 1 unspecified atom stereocenters. The van der Waals surface area contributed by atoms with Crippen LogP contribution in [0.1, 0.15) is 50.2 Å². The van der Waals surface area contributed by atoms with Gasteiger partial charge in [0, 0.05) is 35.7 Å². The molecule has 0 radical (unpaired) electrons. The zero-order valence-electron chi connectivity index (χ0n) is 19.0. The van der Waals surface area contributed by atoms with E-state index in [1.165, 1.54) is 0 Å². The quantitative estimate of drug-likeness (QED) is 0.606. The number of allylic oxidation sites excluding steroid dienone is 3. The largest absolute Gasteiger partial charge is 0.504 e. The molecule has 0 bridgehead atoms. The van der Waals surface area contributed by atoms with E-state index in [4.69, 9.17) is 9.47 Å². The second-order valence-corrected chi connectivity index (χ2v) is 8.30. The van der Waals surface area contributed by atoms with Crippen molar-refractivity contribution in [3.63, 3.8) is 0 Å². The van der Waals surface area contributed by atoms with Crippen molar-refractivity contribution in [3.8, 4) is 11.5 Å². The van der Waals surface area contributed by atoms with E-state index >= 15 is 0 Å². The Bertz CT molecular complexity index is 1120. The van der Waals surface area contributed by atoms with Crippen LogP contribution in [0.4, 0.5) is 0 Å². The Hall–Kier alpha value is -3.54. The number of phenols is 1. The maximum absolute atomic E-state index is 13.3. The first-order chi connectivity index (χ1) is 16.0. The van der Waals surface area contributed by atoms with Crippen molar-refractivity contribution in [3.05, 3.63) is 82.2 Å². The zero-order valence-corrected chi connectivity index (χ0v) is 19.0. The summed E-state index contributed by atoms with van der Waals surface area (Å²) in [5.74, 6) is -0.642. The number of ether oxygens (including phenoxy) is 2. The van der Waals surface area contributed by atoms with Crippen LogP contribution in [-0.4, -0.2) is 30.1 Å². The minimum atomic E-state index is -0.571. The lowest BCUT2D eigenvalue weighted by atomic mass is 9.75. The van der Waals surface area contributed by atoms with E-state index in [1.807, 2.05) is 44.2 Å². The molecule has 0 spiro atoms. The van der Waals surface area contributed by atoms with Gasteiger partial charge in [-0.15, -0.1) is 0 Å². The van der Waals surface area contributed by atoms with Crippen molar-refractivity contribution in [2.24, 2.45) is 0 Å². The van der Waals surface area contributed by atoms with Gasteiger partial charge in [-0.05, 0) is 49.9 Å². The van der Waals surface area contributed by atoms with Gasteiger partial charge >= 0.3 is 5.97 Å². The molecule has 1 aliphatic heterocycles. The fourth-order valence-electron chi connectivity index (χ4n) is 4.55. The predicted molar refractivity (Wildman–Crippen MR) is 125 cm³/mol. The monoisotopic (exact) mass is 447 g/mol. The van der Waals surface area contributed by atoms with Crippen LogP contribution in [0.2, 0.25) is 0 Å². The van der Waals surface area contributed by atoms with E-state index < -0.39 is 11.9 Å². The van der Waals surface area contributed by atoms with Crippen LogP contribution in [0.25, 0.3) is 0 Å². The SMILES string of the molecule is CCOc1cc(C2C(C(=O)OCCc3ccccc3)=C(C)NC3=C2C(=O)CCC3)ccc1O. The number of rotatable bonds is 7. The van der Waals surface area contributed by atoms with E-state index in [-0.39, 0.29) is 18.1 Å². The second-order valence-electron chi connectivity index (χ2n) is 8.30. The summed E-state index contributed by atoms with van der Waals surface area (Å²) in [5, 5.41) is 13.5. The van der Waals surface area contributed by atoms with Crippen molar-refractivity contribution in [1.82, 2.24) is 5.32 Å². The highest BCUT2D eigenvalue weighted by molar-refractivity contribution is 6.03. The summed E-state index contributed by atoms with van der Waals surface area (Å²) in [7, 11) is 0. The van der Waals surface area contributed by atoms with Gasteiger partial charge in [-0.25, -0.2) is 4.79 Å². The maximum atomic E-state index is 13.3. The first-order valence-corrected chi connectivity index (χ1v) is 11.4. The van der Waals surface area contributed by atoms with Crippen LogP contribution in [0.5, 0.6) is 11.5 Å². The second kappa shape index (κ2) is 9.94. The van der Waals surface area contributed by atoms with Gasteiger partial charge in [-0.1, -0.05) is 36.4 Å². The molecular weight excluding hydrogens is 418 g/mol. The molecule has 2 aromatic rings. The molecule has 1 atom stereocenters. The molecule has 0 saturated carbocycles. The van der Waals surface area contributed by atoms with E-state index in [1.54, 1.807) is 18.2 Å². The molecule has 1 heterocycles. The highest BCUT2D eigenvalue weighted by Crippen LogP contribution is 2.44. The Morgan fingerprint density at radius 1 is 1.15 bits per heavy atom. The minimum Gasteiger partial charge on any atom is -0.504 e. The van der Waals surface area contributed by atoms with Crippen LogP contribution < -0.4 is 10.1 Å². The summed E-state index contributed by atoms with van der Waals surface area (Å²) in [6, 6.07) is 14.8. The Kier molecular flexibility index (Phi) is 6.82. The fraction of sp³-hybridized carbons (Fsp3) is 0.333. The smallest absolute Gasteiger partial charge is 0.336 e. The van der Waals surface area contributed by atoms with E-state index in [0.29, 0.717) is 42.0 Å². The molecular formula is C27H29NO5. The number of hydrogen-bond donors (Lipinski definition) is 2. The van der Waals surface area contributed by atoms with Crippen LogP contribution >= 0.6 is 0 Å². The van der Waals surface area contributed by atoms with Gasteiger partial charge in [0.15, 0.2) is 17.3 Å². The van der Waals surface area contributed by atoms with Gasteiger partial charge in [-0.3, -0.25) is 4.79 Å². The summed E-state index contributed by atoms with van der Waals surface area (Å²) in [6.45, 7) is 4.31. The lowest BCUT2D eigenvalue weighted by Gasteiger charge is -2.34. The van der Waals surface area contributed by atoms with Crippen molar-refractivity contribution in [1.29, 1.82) is 0 Å². The van der Waals surface area contributed by atoms with Gasteiger partial charge in [0.2, 0.25) is 0 Å². The number of nitrogens with one attached hydrogen (secondary N) is 1. The molecule has 0 aromatic heterocycles. The number of phenolic OH excluding ortho intramolecular Hbond substituents is 1. The third kappa shape index (κ3) is 4.80. The van der Waals surface area contributed by atoms with Gasteiger partial charge in [0.25, 0.3) is 0 Å². The third-order valence-corrected chi connectivity index (χ3v) is 6.08. The lowest BCUT2D eigenvalue weighted by Crippen LogP contribution is -2.34. The number of hydrogen-bond acceptors (Lipinski definition) is 6. The van der Waals surface area contributed by atoms with Gasteiger partial charge < -0.3 is 19.9 Å². The summed E-state index contributed by atoms with van der Waals surface area (Å²) in [4.78, 5) is 26.3. The molecule has 4 rings (SSSR count). The van der Waals surface area contributed by atoms with Crippen molar-refractivity contribution >= 4 is 11.8 Å². The predicted octanol–water partition coefficient (Wildman–Crippen LogP) is 4.54. The fourth-order valence-corrected chi connectivity index (χ4v) is 4.55. The standard InChI is InChI=1S/C27H29NO5/c1-3-32-23-16-19(12-13-21(23)29)25-24(17(2)28-20-10-7-11-22(30)26(20)25)27(31)33-15-14-18-8-5-4-6-9-18/h4-6,8-9,12-13,16,25,28-29H,3,7,10-11,14-15H2,1-2H3. The first-order valence-electron chi connectivity index (χ1n) is 11.4. The Balaban J connectivity index is 1.67. The van der Waals surface area contributed by atoms with E-state index in [2.05, 4.69) is 5.32 Å². The molecule has 2 aliphatic rings. The molecule has 33 heavy (non-hydrogen) atoms. The van der Waals surface area contributed by atoms with Crippen LogP contribution in [-0.2, 0) is 20.7 Å². The number of ketones is 1. The summed E-state index contributed by atoms with van der Waals surface area (Å²) in [6.07, 6.45) is 2.59. The molecule has 0 fully saturated rings. The topological polar surface area (TPSA) is 84.9 Å². The highest BCUT2D eigenvalue weighted by atomic mass is 16.5. The number of esters is 1. The molecule has 0 amide bonds. The van der Waals surface area contributed by atoms with Gasteiger partial charge in [0.1, 0.15) is 0 Å². The summed E-state index contributed by atoms with van der Waals surface area (Å²) >= 11 is 0. The first kappa shape index (κ1) is 22.6. The molecule has 6 nitrogen and oxygen atoms in total. The maximum Gasteiger partial charge on any atom is 0.336 e. The van der Waals surface area contributed by atoms with Crippen molar-refractivity contribution in [2.45, 2.75) is 45.4 Å². The lowest BCUT2D eigenvalue weighted by molar-refractivity contribution is -0.139. The normalized spacial score (nSPS) is 18.0. The Morgan fingerprint density at radius 3 is 2.70 bits per heavy atom.